The molecule has 2 N–H and O–H groups in total. The fraction of sp³-hybridized carbons (Fsp3) is 0.571. The SMILES string of the molecule is COC1CN(c2ccc(F)cc2[C@H](C)N)CC1OC. The molecule has 2 unspecified atom stereocenters. The maximum atomic E-state index is 13.4. The van der Waals surface area contributed by atoms with Gasteiger partial charge in [-0.05, 0) is 30.7 Å². The second-order valence-electron chi connectivity index (χ2n) is 4.95. The predicted molar refractivity (Wildman–Crippen MR) is 72.8 cm³/mol. The molecule has 0 spiro atoms. The molecular formula is C14H21FN2O2. The average molecular weight is 268 g/mol. The first-order chi connectivity index (χ1) is 9.06. The van der Waals surface area contributed by atoms with Crippen LogP contribution in [0.3, 0.4) is 0 Å². The Hall–Kier alpha value is -1.17. The summed E-state index contributed by atoms with van der Waals surface area (Å²) >= 11 is 0. The predicted octanol–water partition coefficient (Wildman–Crippen LogP) is 1.70. The third-order valence-electron chi connectivity index (χ3n) is 3.64. The van der Waals surface area contributed by atoms with Crippen molar-refractivity contribution in [2.24, 2.45) is 5.73 Å². The molecule has 0 aliphatic carbocycles. The molecule has 1 aliphatic heterocycles. The average Bonchev–Trinajstić information content (AvgIpc) is 2.81. The maximum Gasteiger partial charge on any atom is 0.123 e. The van der Waals surface area contributed by atoms with Gasteiger partial charge in [0.15, 0.2) is 0 Å². The Balaban J connectivity index is 2.28. The van der Waals surface area contributed by atoms with Crippen LogP contribution in [0.1, 0.15) is 18.5 Å². The number of anilines is 1. The molecule has 2 rings (SSSR count). The van der Waals surface area contributed by atoms with E-state index in [0.29, 0.717) is 0 Å². The number of methoxy groups -OCH3 is 2. The molecule has 1 saturated heterocycles. The highest BCUT2D eigenvalue weighted by atomic mass is 19.1. The lowest BCUT2D eigenvalue weighted by Crippen LogP contribution is -2.27. The Morgan fingerprint density at radius 1 is 1.26 bits per heavy atom. The highest BCUT2D eigenvalue weighted by molar-refractivity contribution is 5.56. The normalized spacial score (nSPS) is 24.8. The minimum absolute atomic E-state index is 0.0241. The van der Waals surface area contributed by atoms with Gasteiger partial charge in [0.2, 0.25) is 0 Å². The number of halogens is 1. The number of benzene rings is 1. The fourth-order valence-corrected chi connectivity index (χ4v) is 2.57. The van der Waals surface area contributed by atoms with Crippen molar-refractivity contribution in [3.05, 3.63) is 29.6 Å². The molecular weight excluding hydrogens is 247 g/mol. The third-order valence-corrected chi connectivity index (χ3v) is 3.64. The van der Waals surface area contributed by atoms with E-state index in [1.54, 1.807) is 20.3 Å². The lowest BCUT2D eigenvalue weighted by Gasteiger charge is -2.23. The molecule has 1 aromatic rings. The van der Waals surface area contributed by atoms with Crippen LogP contribution in [-0.2, 0) is 9.47 Å². The zero-order chi connectivity index (χ0) is 14.0. The van der Waals surface area contributed by atoms with Gasteiger partial charge in [-0.15, -0.1) is 0 Å². The number of nitrogens with two attached hydrogens (primary N) is 1. The monoisotopic (exact) mass is 268 g/mol. The van der Waals surface area contributed by atoms with Crippen LogP contribution in [0.5, 0.6) is 0 Å². The summed E-state index contributed by atoms with van der Waals surface area (Å²) in [6, 6.07) is 4.53. The number of rotatable bonds is 4. The molecule has 5 heteroatoms. The Kier molecular flexibility index (Phi) is 4.39. The Morgan fingerprint density at radius 3 is 2.32 bits per heavy atom. The van der Waals surface area contributed by atoms with Crippen molar-refractivity contribution < 1.29 is 13.9 Å². The Bertz CT molecular complexity index is 427. The molecule has 0 saturated carbocycles. The van der Waals surface area contributed by atoms with Crippen LogP contribution in [0, 0.1) is 5.82 Å². The molecule has 106 valence electrons. The minimum Gasteiger partial charge on any atom is -0.377 e. The van der Waals surface area contributed by atoms with Crippen LogP contribution in [0.25, 0.3) is 0 Å². The summed E-state index contributed by atoms with van der Waals surface area (Å²) in [6.45, 7) is 3.30. The van der Waals surface area contributed by atoms with E-state index in [2.05, 4.69) is 4.90 Å². The van der Waals surface area contributed by atoms with Crippen LogP contribution in [-0.4, -0.2) is 39.5 Å². The quantitative estimate of drug-likeness (QED) is 0.903. The summed E-state index contributed by atoms with van der Waals surface area (Å²) in [5.41, 5.74) is 7.70. The smallest absolute Gasteiger partial charge is 0.123 e. The minimum atomic E-state index is -0.262. The van der Waals surface area contributed by atoms with E-state index in [1.165, 1.54) is 12.1 Å². The van der Waals surface area contributed by atoms with Gasteiger partial charge in [0.1, 0.15) is 18.0 Å². The molecule has 3 atom stereocenters. The molecule has 0 aromatic heterocycles. The summed E-state index contributed by atoms with van der Waals surface area (Å²) in [7, 11) is 3.36. The lowest BCUT2D eigenvalue weighted by molar-refractivity contribution is -0.00461. The highest BCUT2D eigenvalue weighted by Gasteiger charge is 2.34. The fourth-order valence-electron chi connectivity index (χ4n) is 2.57. The van der Waals surface area contributed by atoms with Gasteiger partial charge < -0.3 is 20.1 Å². The molecule has 0 radical (unpaired) electrons. The van der Waals surface area contributed by atoms with Gasteiger partial charge in [-0.1, -0.05) is 0 Å². The van der Waals surface area contributed by atoms with Gasteiger partial charge >= 0.3 is 0 Å². The van der Waals surface area contributed by atoms with Crippen molar-refractivity contribution in [1.29, 1.82) is 0 Å². The number of hydrogen-bond acceptors (Lipinski definition) is 4. The van der Waals surface area contributed by atoms with E-state index in [9.17, 15) is 4.39 Å². The Morgan fingerprint density at radius 2 is 1.84 bits per heavy atom. The second kappa shape index (κ2) is 5.86. The largest absolute Gasteiger partial charge is 0.377 e. The van der Waals surface area contributed by atoms with Gasteiger partial charge in [-0.3, -0.25) is 0 Å². The van der Waals surface area contributed by atoms with E-state index in [1.807, 2.05) is 6.92 Å². The van der Waals surface area contributed by atoms with Crippen molar-refractivity contribution in [3.63, 3.8) is 0 Å². The second-order valence-corrected chi connectivity index (χ2v) is 4.95. The lowest BCUT2D eigenvalue weighted by atomic mass is 10.1. The molecule has 1 heterocycles. The summed E-state index contributed by atoms with van der Waals surface area (Å²) in [4.78, 5) is 2.14. The van der Waals surface area contributed by atoms with Crippen molar-refractivity contribution in [2.75, 3.05) is 32.2 Å². The van der Waals surface area contributed by atoms with Gasteiger partial charge in [0.25, 0.3) is 0 Å². The van der Waals surface area contributed by atoms with Gasteiger partial charge in [0, 0.05) is 39.0 Å². The first-order valence-electron chi connectivity index (χ1n) is 6.42. The highest BCUT2D eigenvalue weighted by Crippen LogP contribution is 2.30. The number of ether oxygens (including phenoxy) is 2. The topological polar surface area (TPSA) is 47.7 Å². The van der Waals surface area contributed by atoms with Crippen LogP contribution in [0.4, 0.5) is 10.1 Å². The third kappa shape index (κ3) is 2.88. The van der Waals surface area contributed by atoms with Gasteiger partial charge in [-0.2, -0.15) is 0 Å². The zero-order valence-electron chi connectivity index (χ0n) is 11.6. The number of hydrogen-bond donors (Lipinski definition) is 1. The Labute approximate surface area is 113 Å². The number of nitrogens with zero attached hydrogens (tertiary/aromatic N) is 1. The van der Waals surface area contributed by atoms with Crippen molar-refractivity contribution in [2.45, 2.75) is 25.2 Å². The summed E-state index contributed by atoms with van der Waals surface area (Å²) < 4.78 is 24.2. The van der Waals surface area contributed by atoms with Crippen LogP contribution in [0.15, 0.2) is 18.2 Å². The summed E-state index contributed by atoms with van der Waals surface area (Å²) in [5, 5.41) is 0. The first-order valence-corrected chi connectivity index (χ1v) is 6.42. The van der Waals surface area contributed by atoms with Crippen LogP contribution >= 0.6 is 0 Å². The van der Waals surface area contributed by atoms with Gasteiger partial charge in [0.05, 0.1) is 0 Å². The van der Waals surface area contributed by atoms with Crippen LogP contribution in [0.2, 0.25) is 0 Å². The first kappa shape index (κ1) is 14.2. The van der Waals surface area contributed by atoms with Crippen molar-refractivity contribution in [1.82, 2.24) is 0 Å². The van der Waals surface area contributed by atoms with Crippen molar-refractivity contribution >= 4 is 5.69 Å². The zero-order valence-corrected chi connectivity index (χ0v) is 11.6. The van der Waals surface area contributed by atoms with E-state index in [4.69, 9.17) is 15.2 Å². The maximum absolute atomic E-state index is 13.4. The van der Waals surface area contributed by atoms with E-state index in [0.717, 1.165) is 24.3 Å². The molecule has 0 amide bonds. The standard InChI is InChI=1S/C14H21FN2O2/c1-9(16)11-6-10(15)4-5-12(11)17-7-13(18-2)14(8-17)19-3/h4-6,9,13-14H,7-8,16H2,1-3H3/t9-,13?,14?/m0/s1. The molecule has 4 nitrogen and oxygen atoms in total. The summed E-state index contributed by atoms with van der Waals surface area (Å²) in [6.07, 6.45) is 0.0481. The van der Waals surface area contributed by atoms with E-state index < -0.39 is 0 Å². The molecule has 1 fully saturated rings. The molecule has 1 aliphatic rings. The van der Waals surface area contributed by atoms with Gasteiger partial charge in [-0.25, -0.2) is 4.39 Å². The van der Waals surface area contributed by atoms with Crippen LogP contribution < -0.4 is 10.6 Å². The van der Waals surface area contributed by atoms with Crippen molar-refractivity contribution in [3.8, 4) is 0 Å². The molecule has 1 aromatic carbocycles. The van der Waals surface area contributed by atoms with E-state index in [-0.39, 0.29) is 24.1 Å². The molecule has 0 bridgehead atoms. The molecule has 19 heavy (non-hydrogen) atoms. The summed E-state index contributed by atoms with van der Waals surface area (Å²) in [5.74, 6) is -0.262. The van der Waals surface area contributed by atoms with E-state index >= 15 is 0 Å².